The van der Waals surface area contributed by atoms with Crippen LogP contribution in [0.25, 0.3) is 16.2 Å². The van der Waals surface area contributed by atoms with Gasteiger partial charge in [-0.05, 0) is 31.5 Å². The highest BCUT2D eigenvalue weighted by Crippen LogP contribution is 2.35. The van der Waals surface area contributed by atoms with Crippen molar-refractivity contribution in [3.63, 3.8) is 0 Å². The van der Waals surface area contributed by atoms with Gasteiger partial charge in [-0.25, -0.2) is 4.98 Å². The lowest BCUT2D eigenvalue weighted by Gasteiger charge is -2.11. The number of para-hydroxylation sites is 1. The van der Waals surface area contributed by atoms with Gasteiger partial charge in [-0.15, -0.1) is 11.3 Å². The topological polar surface area (TPSA) is 52.5 Å². The van der Waals surface area contributed by atoms with Crippen molar-refractivity contribution >= 4 is 16.3 Å². The Labute approximate surface area is 140 Å². The standard InChI is InChI=1S/C18H23N3OS/c1-4-22-16-8-6-5-7-13(16)17-14(9-10-19)21-15(12(2)3)11-23-18(21)20-17/h5-8,11-12H,4,9-10,19H2,1-3H3. The molecule has 0 aliphatic carbocycles. The van der Waals surface area contributed by atoms with Crippen molar-refractivity contribution in [1.82, 2.24) is 9.38 Å². The smallest absolute Gasteiger partial charge is 0.194 e. The number of nitrogens with two attached hydrogens (primary N) is 1. The summed E-state index contributed by atoms with van der Waals surface area (Å²) in [5.41, 5.74) is 10.4. The van der Waals surface area contributed by atoms with Gasteiger partial charge in [0.15, 0.2) is 4.96 Å². The molecule has 122 valence electrons. The average Bonchev–Trinajstić information content (AvgIpc) is 3.09. The zero-order valence-corrected chi connectivity index (χ0v) is 14.7. The molecule has 0 fully saturated rings. The Bertz CT molecular complexity index is 804. The first-order chi connectivity index (χ1) is 11.2. The van der Waals surface area contributed by atoms with Crippen molar-refractivity contribution < 1.29 is 4.74 Å². The lowest BCUT2D eigenvalue weighted by molar-refractivity contribution is 0.341. The first-order valence-corrected chi connectivity index (χ1v) is 8.96. The Morgan fingerprint density at radius 2 is 2.09 bits per heavy atom. The highest BCUT2D eigenvalue weighted by atomic mass is 32.1. The third-order valence-corrected chi connectivity index (χ3v) is 4.74. The molecular weight excluding hydrogens is 306 g/mol. The van der Waals surface area contributed by atoms with Crippen molar-refractivity contribution in [2.24, 2.45) is 5.73 Å². The van der Waals surface area contributed by atoms with E-state index in [1.165, 1.54) is 11.4 Å². The van der Waals surface area contributed by atoms with Crippen LogP contribution in [-0.4, -0.2) is 22.5 Å². The first kappa shape index (κ1) is 16.0. The summed E-state index contributed by atoms with van der Waals surface area (Å²) in [6, 6.07) is 8.10. The number of thiazole rings is 1. The van der Waals surface area contributed by atoms with Crippen LogP contribution in [-0.2, 0) is 6.42 Å². The molecule has 0 spiro atoms. The maximum atomic E-state index is 5.88. The fraction of sp³-hybridized carbons (Fsp3) is 0.389. The van der Waals surface area contributed by atoms with Gasteiger partial charge in [0.05, 0.1) is 18.0 Å². The van der Waals surface area contributed by atoms with E-state index < -0.39 is 0 Å². The lowest BCUT2D eigenvalue weighted by Crippen LogP contribution is -2.08. The number of hydrogen-bond acceptors (Lipinski definition) is 4. The number of rotatable bonds is 6. The second-order valence-corrected chi connectivity index (χ2v) is 6.64. The number of imidazole rings is 1. The molecule has 0 bridgehead atoms. The highest BCUT2D eigenvalue weighted by molar-refractivity contribution is 7.15. The Hall–Kier alpha value is -1.85. The molecule has 4 nitrogen and oxygen atoms in total. The Kier molecular flexibility index (Phi) is 4.68. The van der Waals surface area contributed by atoms with Crippen molar-refractivity contribution in [3.8, 4) is 17.0 Å². The minimum atomic E-state index is 0.449. The van der Waals surface area contributed by atoms with Crippen LogP contribution in [0.2, 0.25) is 0 Å². The predicted octanol–water partition coefficient (Wildman–Crippen LogP) is 4.09. The van der Waals surface area contributed by atoms with Crippen LogP contribution in [0.15, 0.2) is 29.6 Å². The van der Waals surface area contributed by atoms with Gasteiger partial charge in [-0.2, -0.15) is 0 Å². The fourth-order valence-corrected chi connectivity index (χ4v) is 3.93. The summed E-state index contributed by atoms with van der Waals surface area (Å²) in [5, 5.41) is 2.20. The van der Waals surface area contributed by atoms with Crippen LogP contribution in [0.5, 0.6) is 5.75 Å². The summed E-state index contributed by atoms with van der Waals surface area (Å²) in [6.45, 7) is 7.66. The van der Waals surface area contributed by atoms with Gasteiger partial charge in [0.2, 0.25) is 0 Å². The van der Waals surface area contributed by atoms with E-state index in [0.717, 1.165) is 28.4 Å². The van der Waals surface area contributed by atoms with E-state index in [1.807, 2.05) is 25.1 Å². The van der Waals surface area contributed by atoms with Crippen molar-refractivity contribution in [3.05, 3.63) is 41.0 Å². The summed E-state index contributed by atoms with van der Waals surface area (Å²) in [5.74, 6) is 1.33. The molecule has 0 radical (unpaired) electrons. The van der Waals surface area contributed by atoms with E-state index in [2.05, 4.69) is 29.7 Å². The zero-order chi connectivity index (χ0) is 16.4. The van der Waals surface area contributed by atoms with Gasteiger partial charge in [0, 0.05) is 23.1 Å². The monoisotopic (exact) mass is 329 g/mol. The molecule has 2 aromatic heterocycles. The molecule has 0 atom stereocenters. The molecule has 5 heteroatoms. The SMILES string of the molecule is CCOc1ccccc1-c1nc2scc(C(C)C)n2c1CCN. The largest absolute Gasteiger partial charge is 0.493 e. The molecule has 2 N–H and O–H groups in total. The van der Waals surface area contributed by atoms with Crippen molar-refractivity contribution in [2.45, 2.75) is 33.1 Å². The van der Waals surface area contributed by atoms with Gasteiger partial charge in [-0.1, -0.05) is 26.0 Å². The van der Waals surface area contributed by atoms with Gasteiger partial charge in [-0.3, -0.25) is 4.40 Å². The Morgan fingerprint density at radius 1 is 1.30 bits per heavy atom. The maximum Gasteiger partial charge on any atom is 0.194 e. The third-order valence-electron chi connectivity index (χ3n) is 3.90. The third kappa shape index (κ3) is 2.86. The van der Waals surface area contributed by atoms with E-state index in [0.29, 0.717) is 19.1 Å². The van der Waals surface area contributed by atoms with Crippen LogP contribution in [0, 0.1) is 0 Å². The van der Waals surface area contributed by atoms with E-state index in [1.54, 1.807) is 11.3 Å². The van der Waals surface area contributed by atoms with Gasteiger partial charge >= 0.3 is 0 Å². The molecule has 1 aromatic carbocycles. The highest BCUT2D eigenvalue weighted by Gasteiger charge is 2.20. The van der Waals surface area contributed by atoms with Crippen molar-refractivity contribution in [1.29, 1.82) is 0 Å². The van der Waals surface area contributed by atoms with Crippen LogP contribution >= 0.6 is 11.3 Å². The molecular formula is C18H23N3OS. The second-order valence-electron chi connectivity index (χ2n) is 5.81. The second kappa shape index (κ2) is 6.72. The molecule has 0 unspecified atom stereocenters. The molecule has 0 saturated heterocycles. The molecule has 0 amide bonds. The number of nitrogens with zero attached hydrogens (tertiary/aromatic N) is 2. The minimum absolute atomic E-state index is 0.449. The first-order valence-electron chi connectivity index (χ1n) is 8.08. The van der Waals surface area contributed by atoms with E-state index in [-0.39, 0.29) is 0 Å². The number of aromatic nitrogens is 2. The maximum absolute atomic E-state index is 5.88. The van der Waals surface area contributed by atoms with Crippen molar-refractivity contribution in [2.75, 3.05) is 13.2 Å². The molecule has 0 saturated carbocycles. The van der Waals surface area contributed by atoms with Crippen LogP contribution in [0.1, 0.15) is 38.1 Å². The van der Waals surface area contributed by atoms with E-state index in [4.69, 9.17) is 15.5 Å². The van der Waals surface area contributed by atoms with E-state index >= 15 is 0 Å². The summed E-state index contributed by atoms with van der Waals surface area (Å²) >= 11 is 1.69. The number of fused-ring (bicyclic) bond motifs is 1. The molecule has 3 rings (SSSR count). The number of hydrogen-bond donors (Lipinski definition) is 1. The molecule has 0 aliphatic rings. The molecule has 3 aromatic rings. The summed E-state index contributed by atoms with van der Waals surface area (Å²) in [6.07, 6.45) is 0.799. The van der Waals surface area contributed by atoms with Crippen LogP contribution in [0.3, 0.4) is 0 Å². The minimum Gasteiger partial charge on any atom is -0.493 e. The number of benzene rings is 1. The fourth-order valence-electron chi connectivity index (χ4n) is 2.86. The summed E-state index contributed by atoms with van der Waals surface area (Å²) < 4.78 is 8.08. The summed E-state index contributed by atoms with van der Waals surface area (Å²) in [7, 11) is 0. The molecule has 2 heterocycles. The van der Waals surface area contributed by atoms with Gasteiger partial charge in [0.1, 0.15) is 5.75 Å². The van der Waals surface area contributed by atoms with Gasteiger partial charge < -0.3 is 10.5 Å². The lowest BCUT2D eigenvalue weighted by atomic mass is 10.1. The van der Waals surface area contributed by atoms with Crippen LogP contribution in [0.4, 0.5) is 0 Å². The normalized spacial score (nSPS) is 11.5. The number of ether oxygens (including phenoxy) is 1. The molecule has 0 aliphatic heterocycles. The summed E-state index contributed by atoms with van der Waals surface area (Å²) in [4.78, 5) is 5.92. The predicted molar refractivity (Wildman–Crippen MR) is 96.5 cm³/mol. The Morgan fingerprint density at radius 3 is 2.78 bits per heavy atom. The van der Waals surface area contributed by atoms with Gasteiger partial charge in [0.25, 0.3) is 0 Å². The molecule has 23 heavy (non-hydrogen) atoms. The average molecular weight is 329 g/mol. The Balaban J connectivity index is 2.23. The van der Waals surface area contributed by atoms with E-state index in [9.17, 15) is 0 Å². The van der Waals surface area contributed by atoms with Crippen LogP contribution < -0.4 is 10.5 Å². The quantitative estimate of drug-likeness (QED) is 0.741. The zero-order valence-electron chi connectivity index (χ0n) is 13.9.